The number of aromatic nitrogens is 1. The van der Waals surface area contributed by atoms with Gasteiger partial charge >= 0.3 is 6.09 Å². The van der Waals surface area contributed by atoms with Crippen molar-refractivity contribution in [2.24, 2.45) is 5.92 Å². The number of likely N-dealkylation sites (tertiary alicyclic amines) is 1. The lowest BCUT2D eigenvalue weighted by Gasteiger charge is -2.30. The van der Waals surface area contributed by atoms with Crippen LogP contribution >= 0.6 is 0 Å². The summed E-state index contributed by atoms with van der Waals surface area (Å²) in [4.78, 5) is 42.9. The Labute approximate surface area is 209 Å². The standard InChI is InChI=1S/C27H31FN4O4/c1-15-23(14-21-20-13-18(28)7-10-22(20)31-25(21)33)29-16(2)24(15)36-27(35)30-19-8-5-17(6-9-19)26(34)32-11-3-4-12-32/h7,10,13-14,17,19,29H,3-6,8-9,11-12H2,1-2H3,(H,30,35)(H,31,33)/b21-14-. The highest BCUT2D eigenvalue weighted by Crippen LogP contribution is 2.36. The van der Waals surface area contributed by atoms with Crippen LogP contribution < -0.4 is 15.4 Å². The molecule has 190 valence electrons. The topological polar surface area (TPSA) is 104 Å². The highest BCUT2D eigenvalue weighted by atomic mass is 19.1. The molecule has 1 saturated carbocycles. The molecule has 2 aromatic rings. The minimum absolute atomic E-state index is 0.0325. The molecule has 9 heteroatoms. The number of nitrogens with zero attached hydrogens (tertiary/aromatic N) is 1. The molecular formula is C27H31FN4O4. The van der Waals surface area contributed by atoms with Crippen molar-refractivity contribution in [3.8, 4) is 5.75 Å². The number of carbonyl (C=O) groups is 3. The van der Waals surface area contributed by atoms with E-state index in [4.69, 9.17) is 4.74 Å². The van der Waals surface area contributed by atoms with E-state index in [9.17, 15) is 18.8 Å². The second-order valence-corrected chi connectivity index (χ2v) is 9.93. The van der Waals surface area contributed by atoms with E-state index in [1.165, 1.54) is 18.2 Å². The van der Waals surface area contributed by atoms with Gasteiger partial charge in [0.25, 0.3) is 5.91 Å². The largest absolute Gasteiger partial charge is 0.412 e. The number of benzene rings is 1. The zero-order chi connectivity index (χ0) is 25.4. The second-order valence-electron chi connectivity index (χ2n) is 9.93. The molecule has 1 saturated heterocycles. The zero-order valence-electron chi connectivity index (χ0n) is 20.6. The van der Waals surface area contributed by atoms with Gasteiger partial charge in [-0.1, -0.05) is 0 Å². The van der Waals surface area contributed by atoms with Gasteiger partial charge in [-0.3, -0.25) is 9.59 Å². The number of fused-ring (bicyclic) bond motifs is 1. The molecule has 3 amide bonds. The van der Waals surface area contributed by atoms with Crippen molar-refractivity contribution in [3.63, 3.8) is 0 Å². The number of rotatable bonds is 4. The van der Waals surface area contributed by atoms with E-state index in [2.05, 4.69) is 15.6 Å². The number of amides is 3. The molecule has 8 nitrogen and oxygen atoms in total. The number of ether oxygens (including phenoxy) is 1. The number of anilines is 1. The van der Waals surface area contributed by atoms with Crippen LogP contribution in [-0.2, 0) is 9.59 Å². The fraction of sp³-hybridized carbons (Fsp3) is 0.444. The van der Waals surface area contributed by atoms with Crippen molar-refractivity contribution in [3.05, 3.63) is 46.5 Å². The Morgan fingerprint density at radius 1 is 1.14 bits per heavy atom. The van der Waals surface area contributed by atoms with E-state index in [0.717, 1.165) is 51.6 Å². The first-order valence-corrected chi connectivity index (χ1v) is 12.6. The Hall–Kier alpha value is -3.62. The summed E-state index contributed by atoms with van der Waals surface area (Å²) in [7, 11) is 0. The van der Waals surface area contributed by atoms with Gasteiger partial charge in [0.1, 0.15) is 5.82 Å². The molecular weight excluding hydrogens is 463 g/mol. The quantitative estimate of drug-likeness (QED) is 0.543. The van der Waals surface area contributed by atoms with Crippen molar-refractivity contribution >= 4 is 35.2 Å². The lowest BCUT2D eigenvalue weighted by molar-refractivity contribution is -0.135. The molecule has 2 aliphatic heterocycles. The van der Waals surface area contributed by atoms with E-state index in [0.29, 0.717) is 39.5 Å². The number of carbonyl (C=O) groups excluding carboxylic acids is 3. The first-order chi connectivity index (χ1) is 17.3. The normalized spacial score (nSPS) is 22.5. The lowest BCUT2D eigenvalue weighted by atomic mass is 9.85. The number of nitrogens with one attached hydrogen (secondary N) is 3. The Kier molecular flexibility index (Phi) is 6.55. The summed E-state index contributed by atoms with van der Waals surface area (Å²) < 4.78 is 19.4. The first-order valence-electron chi connectivity index (χ1n) is 12.6. The maximum atomic E-state index is 13.8. The van der Waals surface area contributed by atoms with Gasteiger partial charge in [-0.15, -0.1) is 0 Å². The van der Waals surface area contributed by atoms with Crippen molar-refractivity contribution in [2.45, 2.75) is 58.4 Å². The fourth-order valence-corrected chi connectivity index (χ4v) is 5.47. The summed E-state index contributed by atoms with van der Waals surface area (Å²) >= 11 is 0. The van der Waals surface area contributed by atoms with Crippen LogP contribution in [0.1, 0.15) is 61.0 Å². The van der Waals surface area contributed by atoms with E-state index >= 15 is 0 Å². The van der Waals surface area contributed by atoms with Crippen molar-refractivity contribution in [1.29, 1.82) is 0 Å². The molecule has 36 heavy (non-hydrogen) atoms. The smallest absolute Gasteiger partial charge is 0.408 e. The number of aryl methyl sites for hydroxylation is 1. The van der Waals surface area contributed by atoms with Gasteiger partial charge in [-0.05, 0) is 76.6 Å². The predicted octanol–water partition coefficient (Wildman–Crippen LogP) is 4.53. The van der Waals surface area contributed by atoms with Crippen LogP contribution in [-0.4, -0.2) is 46.9 Å². The molecule has 1 aromatic heterocycles. The number of hydrogen-bond donors (Lipinski definition) is 3. The molecule has 5 rings (SSSR count). The third-order valence-corrected chi connectivity index (χ3v) is 7.47. The van der Waals surface area contributed by atoms with Gasteiger partial charge in [0.2, 0.25) is 5.91 Å². The number of H-pyrrole nitrogens is 1. The Balaban J connectivity index is 1.21. The van der Waals surface area contributed by atoms with Crippen LogP contribution in [0.3, 0.4) is 0 Å². The van der Waals surface area contributed by atoms with Crippen LogP contribution in [0.25, 0.3) is 11.6 Å². The van der Waals surface area contributed by atoms with E-state index in [-0.39, 0.29) is 23.8 Å². The SMILES string of the molecule is Cc1[nH]c(/C=C2\C(=O)Nc3ccc(F)cc32)c(C)c1OC(=O)NC1CCC(C(=O)N2CCCC2)CC1. The molecule has 0 unspecified atom stereocenters. The summed E-state index contributed by atoms with van der Waals surface area (Å²) in [5.41, 5.74) is 3.32. The third-order valence-electron chi connectivity index (χ3n) is 7.47. The monoisotopic (exact) mass is 494 g/mol. The molecule has 0 radical (unpaired) electrons. The maximum absolute atomic E-state index is 13.8. The molecule has 3 aliphatic rings. The minimum Gasteiger partial charge on any atom is -0.408 e. The molecule has 1 aromatic carbocycles. The Bertz CT molecular complexity index is 1240. The molecule has 3 N–H and O–H groups in total. The Morgan fingerprint density at radius 2 is 1.86 bits per heavy atom. The molecule has 0 spiro atoms. The summed E-state index contributed by atoms with van der Waals surface area (Å²) in [5, 5.41) is 5.67. The third kappa shape index (κ3) is 4.74. The van der Waals surface area contributed by atoms with Crippen LogP contribution in [0.4, 0.5) is 14.9 Å². The van der Waals surface area contributed by atoms with Gasteiger partial charge in [0, 0.05) is 47.6 Å². The highest BCUT2D eigenvalue weighted by Gasteiger charge is 2.31. The van der Waals surface area contributed by atoms with Crippen molar-refractivity contribution in [1.82, 2.24) is 15.2 Å². The number of hydrogen-bond acceptors (Lipinski definition) is 4. The number of halogens is 1. The van der Waals surface area contributed by atoms with E-state index in [1.807, 2.05) is 4.90 Å². The van der Waals surface area contributed by atoms with Gasteiger partial charge in [-0.2, -0.15) is 0 Å². The average Bonchev–Trinajstić information content (AvgIpc) is 3.56. The Morgan fingerprint density at radius 3 is 2.58 bits per heavy atom. The number of aromatic amines is 1. The predicted molar refractivity (Wildman–Crippen MR) is 134 cm³/mol. The first kappa shape index (κ1) is 24.1. The summed E-state index contributed by atoms with van der Waals surface area (Å²) in [6, 6.07) is 4.12. The summed E-state index contributed by atoms with van der Waals surface area (Å²) in [6.45, 7) is 5.32. The summed E-state index contributed by atoms with van der Waals surface area (Å²) in [6.07, 6.45) is 6.30. The van der Waals surface area contributed by atoms with Crippen LogP contribution in [0.2, 0.25) is 0 Å². The van der Waals surface area contributed by atoms with E-state index in [1.54, 1.807) is 19.9 Å². The van der Waals surface area contributed by atoms with Crippen LogP contribution in [0.5, 0.6) is 5.75 Å². The van der Waals surface area contributed by atoms with Crippen molar-refractivity contribution < 1.29 is 23.5 Å². The van der Waals surface area contributed by atoms with Crippen LogP contribution in [0, 0.1) is 25.6 Å². The molecule has 1 aliphatic carbocycles. The maximum Gasteiger partial charge on any atom is 0.412 e. The summed E-state index contributed by atoms with van der Waals surface area (Å²) in [5.74, 6) is -0.0366. The molecule has 0 atom stereocenters. The van der Waals surface area contributed by atoms with Gasteiger partial charge in [-0.25, -0.2) is 9.18 Å². The molecule has 2 fully saturated rings. The minimum atomic E-state index is -0.542. The van der Waals surface area contributed by atoms with E-state index < -0.39 is 11.9 Å². The van der Waals surface area contributed by atoms with Gasteiger partial charge in [0.05, 0.1) is 11.3 Å². The average molecular weight is 495 g/mol. The van der Waals surface area contributed by atoms with Crippen molar-refractivity contribution in [2.75, 3.05) is 18.4 Å². The molecule has 3 heterocycles. The second kappa shape index (κ2) is 9.79. The highest BCUT2D eigenvalue weighted by molar-refractivity contribution is 6.34. The van der Waals surface area contributed by atoms with Gasteiger partial charge < -0.3 is 25.3 Å². The van der Waals surface area contributed by atoms with Crippen LogP contribution in [0.15, 0.2) is 18.2 Å². The van der Waals surface area contributed by atoms with Gasteiger partial charge in [0.15, 0.2) is 5.75 Å². The lowest BCUT2D eigenvalue weighted by Crippen LogP contribution is -2.42. The molecule has 0 bridgehead atoms. The fourth-order valence-electron chi connectivity index (χ4n) is 5.47. The zero-order valence-corrected chi connectivity index (χ0v) is 20.6.